The number of piperidine rings is 1. The van der Waals surface area contributed by atoms with Crippen molar-refractivity contribution < 1.29 is 8.42 Å². The molecule has 1 N–H and O–H groups in total. The third-order valence-corrected chi connectivity index (χ3v) is 6.71. The third-order valence-electron chi connectivity index (χ3n) is 4.92. The molecular formula is C17H25N3O3S. The maximum absolute atomic E-state index is 12.3. The average molecular weight is 351 g/mol. The number of fused-ring (bicyclic) bond motifs is 1. The molecule has 2 heterocycles. The Morgan fingerprint density at radius 1 is 1.21 bits per heavy atom. The number of imidazole rings is 1. The van der Waals surface area contributed by atoms with Crippen LogP contribution in [0, 0.1) is 0 Å². The normalized spacial score (nSPS) is 17.5. The topological polar surface area (TPSA) is 75.2 Å². The number of hydrogen-bond acceptors (Lipinski definition) is 4. The third kappa shape index (κ3) is 3.72. The molecule has 1 aliphatic rings. The van der Waals surface area contributed by atoms with Gasteiger partial charge >= 0.3 is 5.69 Å². The number of sulfone groups is 1. The van der Waals surface area contributed by atoms with E-state index in [-0.39, 0.29) is 23.2 Å². The molecule has 1 aromatic heterocycles. The maximum atomic E-state index is 12.3. The summed E-state index contributed by atoms with van der Waals surface area (Å²) >= 11 is 0. The summed E-state index contributed by atoms with van der Waals surface area (Å²) in [6.07, 6.45) is 2.53. The van der Waals surface area contributed by atoms with Crippen molar-refractivity contribution in [2.75, 3.05) is 31.1 Å². The van der Waals surface area contributed by atoms with Gasteiger partial charge in [-0.05, 0) is 37.9 Å². The van der Waals surface area contributed by atoms with Crippen LogP contribution in [-0.2, 0) is 9.84 Å². The number of hydrogen-bond donors (Lipinski definition) is 1. The lowest BCUT2D eigenvalue weighted by molar-refractivity contribution is 0.187. The first-order valence-electron chi connectivity index (χ1n) is 8.62. The molecule has 0 atom stereocenters. The number of benzene rings is 1. The van der Waals surface area contributed by atoms with Crippen LogP contribution >= 0.6 is 0 Å². The monoisotopic (exact) mass is 351 g/mol. The first kappa shape index (κ1) is 17.2. The maximum Gasteiger partial charge on any atom is 0.326 e. The predicted molar refractivity (Wildman–Crippen MR) is 96.2 cm³/mol. The van der Waals surface area contributed by atoms with E-state index in [1.807, 2.05) is 28.8 Å². The summed E-state index contributed by atoms with van der Waals surface area (Å²) in [5.41, 5.74) is 1.81. The molecule has 7 heteroatoms. The zero-order valence-electron chi connectivity index (χ0n) is 14.1. The van der Waals surface area contributed by atoms with Gasteiger partial charge in [-0.15, -0.1) is 0 Å². The van der Waals surface area contributed by atoms with E-state index in [2.05, 4.69) is 9.88 Å². The fourth-order valence-electron chi connectivity index (χ4n) is 3.49. The molecule has 3 rings (SSSR count). The largest absolute Gasteiger partial charge is 0.326 e. The summed E-state index contributed by atoms with van der Waals surface area (Å²) in [5.74, 6) is 0.490. The van der Waals surface area contributed by atoms with Crippen LogP contribution in [0.1, 0.15) is 32.2 Å². The summed E-state index contributed by atoms with van der Waals surface area (Å²) in [7, 11) is -2.87. The average Bonchev–Trinajstić information content (AvgIpc) is 2.91. The van der Waals surface area contributed by atoms with Crippen molar-refractivity contribution in [2.24, 2.45) is 0 Å². The van der Waals surface area contributed by atoms with Crippen molar-refractivity contribution >= 4 is 20.9 Å². The molecule has 0 saturated carbocycles. The molecule has 1 fully saturated rings. The Bertz CT molecular complexity index is 845. The van der Waals surface area contributed by atoms with E-state index in [0.29, 0.717) is 6.42 Å². The van der Waals surface area contributed by atoms with Crippen LogP contribution in [0.5, 0.6) is 0 Å². The van der Waals surface area contributed by atoms with Crippen molar-refractivity contribution in [3.05, 3.63) is 34.7 Å². The number of likely N-dealkylation sites (tertiary alicyclic amines) is 1. The molecule has 132 valence electrons. The highest BCUT2D eigenvalue weighted by atomic mass is 32.2. The van der Waals surface area contributed by atoms with Gasteiger partial charge in [0.2, 0.25) is 0 Å². The van der Waals surface area contributed by atoms with E-state index in [0.717, 1.165) is 43.5 Å². The van der Waals surface area contributed by atoms with Gasteiger partial charge in [0.25, 0.3) is 0 Å². The highest BCUT2D eigenvalue weighted by Gasteiger charge is 2.23. The number of H-pyrrole nitrogens is 1. The fourth-order valence-corrected chi connectivity index (χ4v) is 4.35. The summed E-state index contributed by atoms with van der Waals surface area (Å²) in [6, 6.07) is 8.00. The summed E-state index contributed by atoms with van der Waals surface area (Å²) in [6.45, 7) is 4.32. The zero-order chi connectivity index (χ0) is 17.2. The number of para-hydroxylation sites is 2. The van der Waals surface area contributed by atoms with Crippen LogP contribution < -0.4 is 5.69 Å². The highest BCUT2D eigenvalue weighted by molar-refractivity contribution is 7.91. The lowest BCUT2D eigenvalue weighted by Crippen LogP contribution is -2.37. The zero-order valence-corrected chi connectivity index (χ0v) is 14.9. The van der Waals surface area contributed by atoms with Crippen LogP contribution in [0.25, 0.3) is 11.0 Å². The van der Waals surface area contributed by atoms with Gasteiger partial charge in [0.15, 0.2) is 0 Å². The van der Waals surface area contributed by atoms with Crippen LogP contribution in [0.2, 0.25) is 0 Å². The predicted octanol–water partition coefficient (Wildman–Crippen LogP) is 1.79. The Labute approximate surface area is 142 Å². The highest BCUT2D eigenvalue weighted by Crippen LogP contribution is 2.24. The Morgan fingerprint density at radius 3 is 2.62 bits per heavy atom. The SMILES string of the molecule is CCS(=O)(=O)CCCN1CCC(n2c(=O)[nH]c3ccccc32)CC1. The Balaban J connectivity index is 1.59. The molecule has 0 amide bonds. The summed E-state index contributed by atoms with van der Waals surface area (Å²) < 4.78 is 25.0. The molecule has 0 bridgehead atoms. The molecule has 6 nitrogen and oxygen atoms in total. The minimum atomic E-state index is -2.87. The molecular weight excluding hydrogens is 326 g/mol. The van der Waals surface area contributed by atoms with Crippen molar-refractivity contribution in [1.29, 1.82) is 0 Å². The lowest BCUT2D eigenvalue weighted by atomic mass is 10.0. The number of rotatable bonds is 6. The van der Waals surface area contributed by atoms with Crippen molar-refractivity contribution in [1.82, 2.24) is 14.5 Å². The Morgan fingerprint density at radius 2 is 1.92 bits per heavy atom. The van der Waals surface area contributed by atoms with Gasteiger partial charge in [0.1, 0.15) is 9.84 Å². The Hall–Kier alpha value is -1.60. The van der Waals surface area contributed by atoms with Crippen LogP contribution in [-0.4, -0.2) is 54.0 Å². The molecule has 0 spiro atoms. The molecule has 0 aliphatic carbocycles. The summed E-state index contributed by atoms with van der Waals surface area (Å²) in [5, 5.41) is 0. The lowest BCUT2D eigenvalue weighted by Gasteiger charge is -2.32. The second-order valence-corrected chi connectivity index (χ2v) is 8.95. The van der Waals surface area contributed by atoms with Gasteiger partial charge in [0, 0.05) is 24.9 Å². The van der Waals surface area contributed by atoms with Gasteiger partial charge < -0.3 is 9.88 Å². The first-order valence-corrected chi connectivity index (χ1v) is 10.4. The molecule has 2 aromatic rings. The standard InChI is InChI=1S/C17H25N3O3S/c1-2-24(22,23)13-5-10-19-11-8-14(9-12-19)20-16-7-4-3-6-15(16)18-17(20)21/h3-4,6-7,14H,2,5,8-13H2,1H3,(H,18,21). The minimum Gasteiger partial charge on any atom is -0.306 e. The summed E-state index contributed by atoms with van der Waals surface area (Å²) in [4.78, 5) is 17.5. The molecule has 1 aromatic carbocycles. The van der Waals surface area contributed by atoms with Crippen LogP contribution in [0.15, 0.2) is 29.1 Å². The number of aromatic nitrogens is 2. The Kier molecular flexibility index (Phi) is 5.10. The van der Waals surface area contributed by atoms with Gasteiger partial charge in [-0.3, -0.25) is 4.57 Å². The second kappa shape index (κ2) is 7.11. The van der Waals surface area contributed by atoms with E-state index in [9.17, 15) is 13.2 Å². The molecule has 1 aliphatic heterocycles. The molecule has 0 radical (unpaired) electrons. The molecule has 0 unspecified atom stereocenters. The van der Waals surface area contributed by atoms with Gasteiger partial charge in [0.05, 0.1) is 16.8 Å². The number of nitrogens with one attached hydrogen (secondary N) is 1. The smallest absolute Gasteiger partial charge is 0.306 e. The van der Waals surface area contributed by atoms with Gasteiger partial charge in [-0.25, -0.2) is 13.2 Å². The first-order chi connectivity index (χ1) is 11.5. The van der Waals surface area contributed by atoms with Gasteiger partial charge in [-0.2, -0.15) is 0 Å². The van der Waals surface area contributed by atoms with E-state index in [4.69, 9.17) is 0 Å². The number of aromatic amines is 1. The van der Waals surface area contributed by atoms with Crippen molar-refractivity contribution in [3.8, 4) is 0 Å². The van der Waals surface area contributed by atoms with Crippen molar-refractivity contribution in [3.63, 3.8) is 0 Å². The number of nitrogens with zero attached hydrogens (tertiary/aromatic N) is 2. The van der Waals surface area contributed by atoms with E-state index < -0.39 is 9.84 Å². The molecule has 1 saturated heterocycles. The van der Waals surface area contributed by atoms with Crippen LogP contribution in [0.4, 0.5) is 0 Å². The van der Waals surface area contributed by atoms with Gasteiger partial charge in [-0.1, -0.05) is 19.1 Å². The molecule has 24 heavy (non-hydrogen) atoms. The van der Waals surface area contributed by atoms with E-state index >= 15 is 0 Å². The quantitative estimate of drug-likeness (QED) is 0.861. The van der Waals surface area contributed by atoms with E-state index in [1.54, 1.807) is 6.92 Å². The van der Waals surface area contributed by atoms with Crippen molar-refractivity contribution in [2.45, 2.75) is 32.2 Å². The van der Waals surface area contributed by atoms with Crippen LogP contribution in [0.3, 0.4) is 0 Å². The minimum absolute atomic E-state index is 0.0383. The van der Waals surface area contributed by atoms with E-state index in [1.165, 1.54) is 0 Å². The fraction of sp³-hybridized carbons (Fsp3) is 0.588. The second-order valence-electron chi connectivity index (χ2n) is 6.48.